The van der Waals surface area contributed by atoms with Crippen LogP contribution in [0.3, 0.4) is 0 Å². The first-order valence-corrected chi connectivity index (χ1v) is 13.5. The lowest BCUT2D eigenvalue weighted by Gasteiger charge is -2.32. The van der Waals surface area contributed by atoms with E-state index in [9.17, 15) is 18.0 Å². The lowest BCUT2D eigenvalue weighted by atomic mass is 10.1. The fourth-order valence-corrected chi connectivity index (χ4v) is 4.53. The Morgan fingerprint density at radius 2 is 1.77 bits per heavy atom. The fourth-order valence-electron chi connectivity index (χ4n) is 3.46. The number of carbonyl (C=O) groups is 2. The number of nitrogens with one attached hydrogen (secondary N) is 1. The van der Waals surface area contributed by atoms with Crippen molar-refractivity contribution < 1.29 is 22.7 Å². The first-order valence-electron chi connectivity index (χ1n) is 11.3. The summed E-state index contributed by atoms with van der Waals surface area (Å²) in [6.07, 6.45) is 1.03. The summed E-state index contributed by atoms with van der Waals surface area (Å²) in [7, 11) is -2.29. The second-order valence-corrected chi connectivity index (χ2v) is 11.2. The van der Waals surface area contributed by atoms with Gasteiger partial charge in [0.15, 0.2) is 0 Å². The summed E-state index contributed by atoms with van der Waals surface area (Å²) in [6, 6.07) is 11.2. The van der Waals surface area contributed by atoms with E-state index in [4.69, 9.17) is 16.3 Å². The highest BCUT2D eigenvalue weighted by atomic mass is 35.5. The van der Waals surface area contributed by atoms with Crippen LogP contribution in [0.15, 0.2) is 42.5 Å². The zero-order valence-electron chi connectivity index (χ0n) is 21.0. The molecule has 10 heteroatoms. The molecule has 8 nitrogen and oxygen atoms in total. The minimum absolute atomic E-state index is 0.0957. The van der Waals surface area contributed by atoms with Gasteiger partial charge in [-0.2, -0.15) is 0 Å². The van der Waals surface area contributed by atoms with Crippen LogP contribution in [0, 0.1) is 12.8 Å². The number of nitrogens with zero attached hydrogens (tertiary/aromatic N) is 2. The van der Waals surface area contributed by atoms with Crippen LogP contribution < -0.4 is 14.4 Å². The van der Waals surface area contributed by atoms with E-state index in [2.05, 4.69) is 5.32 Å². The van der Waals surface area contributed by atoms with Crippen molar-refractivity contribution in [2.24, 2.45) is 5.92 Å². The van der Waals surface area contributed by atoms with Crippen LogP contribution in [-0.2, 0) is 26.2 Å². The molecule has 0 heterocycles. The third-order valence-corrected chi connectivity index (χ3v) is 7.06. The minimum Gasteiger partial charge on any atom is -0.497 e. The molecule has 0 saturated carbocycles. The topological polar surface area (TPSA) is 96.0 Å². The van der Waals surface area contributed by atoms with Crippen molar-refractivity contribution in [1.82, 2.24) is 10.2 Å². The van der Waals surface area contributed by atoms with E-state index in [0.29, 0.717) is 28.6 Å². The first kappa shape index (κ1) is 28.5. The van der Waals surface area contributed by atoms with Gasteiger partial charge in [0.1, 0.15) is 18.3 Å². The molecule has 0 spiro atoms. The number of sulfonamides is 1. The minimum atomic E-state index is -3.83. The maximum Gasteiger partial charge on any atom is 0.244 e. The van der Waals surface area contributed by atoms with Crippen molar-refractivity contribution >= 4 is 39.1 Å². The van der Waals surface area contributed by atoms with Crippen LogP contribution in [0.5, 0.6) is 5.75 Å². The molecule has 2 aromatic carbocycles. The summed E-state index contributed by atoms with van der Waals surface area (Å²) in [5.74, 6) is 0.00366. The number of carbonyl (C=O) groups excluding carboxylic acids is 2. The Kier molecular flexibility index (Phi) is 9.97. The van der Waals surface area contributed by atoms with E-state index in [1.54, 1.807) is 57.4 Å². The Bertz CT molecular complexity index is 1150. The van der Waals surface area contributed by atoms with Gasteiger partial charge in [0.25, 0.3) is 0 Å². The van der Waals surface area contributed by atoms with E-state index in [0.717, 1.165) is 16.1 Å². The molecule has 0 bridgehead atoms. The number of benzene rings is 2. The Morgan fingerprint density at radius 1 is 1.11 bits per heavy atom. The van der Waals surface area contributed by atoms with E-state index in [-0.39, 0.29) is 18.4 Å². The molecule has 192 valence electrons. The molecule has 0 saturated heterocycles. The van der Waals surface area contributed by atoms with Crippen molar-refractivity contribution in [3.05, 3.63) is 58.6 Å². The molecule has 0 unspecified atom stereocenters. The molecule has 35 heavy (non-hydrogen) atoms. The molecule has 1 N–H and O–H groups in total. The quantitative estimate of drug-likeness (QED) is 0.485. The summed E-state index contributed by atoms with van der Waals surface area (Å²) < 4.78 is 31.7. The van der Waals surface area contributed by atoms with E-state index in [1.807, 2.05) is 19.9 Å². The van der Waals surface area contributed by atoms with Gasteiger partial charge in [-0.15, -0.1) is 0 Å². The average Bonchev–Trinajstić information content (AvgIpc) is 2.80. The standard InChI is InChI=1S/C25H34ClN3O5S/c1-17(2)14-27-25(31)19(4)28(15-20-9-7-10-21(13-20)34-5)24(30)16-29(35(6,32)33)23-12-8-11-22(26)18(23)3/h7-13,17,19H,14-16H2,1-6H3,(H,27,31)/t19-/m0/s1. The molecular weight excluding hydrogens is 490 g/mol. The fraction of sp³-hybridized carbons (Fsp3) is 0.440. The summed E-state index contributed by atoms with van der Waals surface area (Å²) in [6.45, 7) is 7.34. The number of hydrogen-bond donors (Lipinski definition) is 1. The Hall–Kier alpha value is -2.78. The molecule has 0 aromatic heterocycles. The van der Waals surface area contributed by atoms with Crippen molar-refractivity contribution in [3.63, 3.8) is 0 Å². The Labute approximate surface area is 213 Å². The normalized spacial score (nSPS) is 12.2. The SMILES string of the molecule is COc1cccc(CN(C(=O)CN(c2cccc(Cl)c2C)S(C)(=O)=O)[C@@H](C)C(=O)NCC(C)C)c1. The van der Waals surface area contributed by atoms with E-state index in [1.165, 1.54) is 4.90 Å². The third kappa shape index (κ3) is 7.86. The summed E-state index contributed by atoms with van der Waals surface area (Å²) >= 11 is 6.21. The number of rotatable bonds is 11. The summed E-state index contributed by atoms with van der Waals surface area (Å²) in [5, 5.41) is 3.24. The van der Waals surface area contributed by atoms with Crippen molar-refractivity contribution in [2.45, 2.75) is 40.3 Å². The van der Waals surface area contributed by atoms with Gasteiger partial charge in [0.05, 0.1) is 19.1 Å². The molecule has 0 aliphatic carbocycles. The Morgan fingerprint density at radius 3 is 2.37 bits per heavy atom. The molecule has 1 atom stereocenters. The van der Waals surface area contributed by atoms with Crippen molar-refractivity contribution in [1.29, 1.82) is 0 Å². The van der Waals surface area contributed by atoms with Crippen LogP contribution in [0.2, 0.25) is 5.02 Å². The highest BCUT2D eigenvalue weighted by molar-refractivity contribution is 7.92. The maximum atomic E-state index is 13.6. The van der Waals surface area contributed by atoms with Gasteiger partial charge in [-0.3, -0.25) is 13.9 Å². The van der Waals surface area contributed by atoms with Gasteiger partial charge in [-0.05, 0) is 55.2 Å². The smallest absolute Gasteiger partial charge is 0.244 e. The van der Waals surface area contributed by atoms with Gasteiger partial charge in [-0.1, -0.05) is 43.6 Å². The van der Waals surface area contributed by atoms with E-state index >= 15 is 0 Å². The zero-order valence-corrected chi connectivity index (χ0v) is 22.6. The van der Waals surface area contributed by atoms with Crippen LogP contribution in [-0.4, -0.2) is 57.6 Å². The highest BCUT2D eigenvalue weighted by Crippen LogP contribution is 2.28. The van der Waals surface area contributed by atoms with Gasteiger partial charge in [-0.25, -0.2) is 8.42 Å². The molecule has 2 rings (SSSR count). The summed E-state index contributed by atoms with van der Waals surface area (Å²) in [5.41, 5.74) is 1.59. The number of methoxy groups -OCH3 is 1. The van der Waals surface area contributed by atoms with E-state index < -0.39 is 28.5 Å². The number of halogens is 1. The monoisotopic (exact) mass is 523 g/mol. The number of anilines is 1. The van der Waals surface area contributed by atoms with Crippen LogP contribution in [0.1, 0.15) is 31.9 Å². The third-order valence-electron chi connectivity index (χ3n) is 5.53. The average molecular weight is 524 g/mol. The molecule has 0 radical (unpaired) electrons. The van der Waals surface area contributed by atoms with Gasteiger partial charge < -0.3 is 15.0 Å². The van der Waals surface area contributed by atoms with Crippen LogP contribution >= 0.6 is 11.6 Å². The highest BCUT2D eigenvalue weighted by Gasteiger charge is 2.30. The number of hydrogen-bond acceptors (Lipinski definition) is 5. The molecule has 0 aliphatic heterocycles. The van der Waals surface area contributed by atoms with Crippen LogP contribution in [0.25, 0.3) is 0 Å². The maximum absolute atomic E-state index is 13.6. The zero-order chi connectivity index (χ0) is 26.3. The second kappa shape index (κ2) is 12.3. The molecule has 2 aromatic rings. The second-order valence-electron chi connectivity index (χ2n) is 8.84. The van der Waals surface area contributed by atoms with Crippen LogP contribution in [0.4, 0.5) is 5.69 Å². The molecule has 0 aliphatic rings. The first-order chi connectivity index (χ1) is 16.3. The molecule has 2 amide bonds. The lowest BCUT2D eigenvalue weighted by Crippen LogP contribution is -2.51. The van der Waals surface area contributed by atoms with Gasteiger partial charge >= 0.3 is 0 Å². The Balaban J connectivity index is 2.43. The molecule has 0 fully saturated rings. The van der Waals surface area contributed by atoms with Gasteiger partial charge in [0.2, 0.25) is 21.8 Å². The largest absolute Gasteiger partial charge is 0.497 e. The van der Waals surface area contributed by atoms with Crippen molar-refractivity contribution in [2.75, 3.05) is 30.8 Å². The predicted molar refractivity (Wildman–Crippen MR) is 139 cm³/mol. The molecular formula is C25H34ClN3O5S. The van der Waals surface area contributed by atoms with Crippen molar-refractivity contribution in [3.8, 4) is 5.75 Å². The predicted octanol–water partition coefficient (Wildman–Crippen LogP) is 3.61. The number of amides is 2. The van der Waals surface area contributed by atoms with Gasteiger partial charge in [0, 0.05) is 18.1 Å². The number of ether oxygens (including phenoxy) is 1. The summed E-state index contributed by atoms with van der Waals surface area (Å²) in [4.78, 5) is 27.8. The lowest BCUT2D eigenvalue weighted by molar-refractivity contribution is -0.139.